The van der Waals surface area contributed by atoms with E-state index < -0.39 is 6.10 Å². The number of hydrogen-bond acceptors (Lipinski definition) is 4. The summed E-state index contributed by atoms with van der Waals surface area (Å²) in [6, 6.07) is 7.72. The van der Waals surface area contributed by atoms with Crippen LogP contribution in [0.4, 0.5) is 0 Å². The van der Waals surface area contributed by atoms with E-state index in [4.69, 9.17) is 14.6 Å². The van der Waals surface area contributed by atoms with E-state index in [2.05, 4.69) is 6.58 Å². The maximum absolute atomic E-state index is 9.55. The summed E-state index contributed by atoms with van der Waals surface area (Å²) in [5.74, 6) is 0.760. The lowest BCUT2D eigenvalue weighted by Gasteiger charge is -2.19. The van der Waals surface area contributed by atoms with Crippen LogP contribution in [0.5, 0.6) is 5.75 Å². The third kappa shape index (κ3) is 6.38. The molecule has 2 N–H and O–H groups in total. The Morgan fingerprint density at radius 3 is 2.58 bits per heavy atom. The van der Waals surface area contributed by atoms with Gasteiger partial charge in [0.1, 0.15) is 12.4 Å². The lowest BCUT2D eigenvalue weighted by atomic mass is 10.1. The van der Waals surface area contributed by atoms with Crippen molar-refractivity contribution in [1.29, 1.82) is 0 Å². The first-order valence-corrected chi connectivity index (χ1v) is 6.38. The number of aliphatic hydroxyl groups is 2. The molecule has 2 atom stereocenters. The van der Waals surface area contributed by atoms with E-state index in [-0.39, 0.29) is 19.3 Å². The highest BCUT2D eigenvalue weighted by molar-refractivity contribution is 5.26. The fourth-order valence-corrected chi connectivity index (χ4v) is 1.59. The van der Waals surface area contributed by atoms with E-state index >= 15 is 0 Å². The molecular weight excluding hydrogens is 244 g/mol. The van der Waals surface area contributed by atoms with Crippen LogP contribution in [0.1, 0.15) is 12.0 Å². The van der Waals surface area contributed by atoms with Gasteiger partial charge in [0.05, 0.1) is 25.4 Å². The SMILES string of the molecule is C=CC(O)CC(COc1ccc(C)cc1)OCCO. The molecule has 0 aliphatic rings. The minimum Gasteiger partial charge on any atom is -0.491 e. The molecule has 0 amide bonds. The van der Waals surface area contributed by atoms with E-state index in [0.29, 0.717) is 13.0 Å². The number of aliphatic hydroxyl groups excluding tert-OH is 2. The number of rotatable bonds is 9. The van der Waals surface area contributed by atoms with Crippen LogP contribution in [0.15, 0.2) is 36.9 Å². The summed E-state index contributed by atoms with van der Waals surface area (Å²) in [4.78, 5) is 0. The molecule has 0 saturated carbocycles. The highest BCUT2D eigenvalue weighted by atomic mass is 16.5. The van der Waals surface area contributed by atoms with E-state index in [9.17, 15) is 5.11 Å². The Kier molecular flexibility index (Phi) is 7.18. The standard InChI is InChI=1S/C15H22O4/c1-3-13(17)10-15(18-9-8-16)11-19-14-6-4-12(2)5-7-14/h3-7,13,15-17H,1,8-11H2,2H3. The van der Waals surface area contributed by atoms with Gasteiger partial charge in [0, 0.05) is 6.42 Å². The van der Waals surface area contributed by atoms with Crippen molar-refractivity contribution in [3.63, 3.8) is 0 Å². The molecular formula is C15H22O4. The van der Waals surface area contributed by atoms with E-state index in [0.717, 1.165) is 5.75 Å². The largest absolute Gasteiger partial charge is 0.491 e. The topological polar surface area (TPSA) is 58.9 Å². The molecule has 0 radical (unpaired) electrons. The second-order valence-electron chi connectivity index (χ2n) is 4.38. The third-order valence-corrected chi connectivity index (χ3v) is 2.68. The lowest BCUT2D eigenvalue weighted by molar-refractivity contribution is -0.0172. The Balaban J connectivity index is 2.46. The molecule has 1 aromatic carbocycles. The quantitative estimate of drug-likeness (QED) is 0.668. The van der Waals surface area contributed by atoms with Gasteiger partial charge < -0.3 is 19.7 Å². The summed E-state index contributed by atoms with van der Waals surface area (Å²) in [6.07, 6.45) is 0.947. The monoisotopic (exact) mass is 266 g/mol. The van der Waals surface area contributed by atoms with Crippen molar-refractivity contribution in [1.82, 2.24) is 0 Å². The summed E-state index contributed by atoms with van der Waals surface area (Å²) in [5, 5.41) is 18.3. The van der Waals surface area contributed by atoms with E-state index in [1.807, 2.05) is 31.2 Å². The molecule has 0 spiro atoms. The van der Waals surface area contributed by atoms with Gasteiger partial charge in [-0.05, 0) is 19.1 Å². The maximum atomic E-state index is 9.55. The number of aryl methyl sites for hydroxylation is 1. The lowest BCUT2D eigenvalue weighted by Crippen LogP contribution is -2.27. The molecule has 1 aromatic rings. The van der Waals surface area contributed by atoms with Gasteiger partial charge in [-0.1, -0.05) is 23.8 Å². The first-order valence-electron chi connectivity index (χ1n) is 6.38. The van der Waals surface area contributed by atoms with Crippen LogP contribution in [0.3, 0.4) is 0 Å². The zero-order valence-electron chi connectivity index (χ0n) is 11.3. The van der Waals surface area contributed by atoms with Gasteiger partial charge >= 0.3 is 0 Å². The zero-order valence-corrected chi connectivity index (χ0v) is 11.3. The fourth-order valence-electron chi connectivity index (χ4n) is 1.59. The highest BCUT2D eigenvalue weighted by Gasteiger charge is 2.14. The van der Waals surface area contributed by atoms with Crippen molar-refractivity contribution in [2.24, 2.45) is 0 Å². The smallest absolute Gasteiger partial charge is 0.119 e. The summed E-state index contributed by atoms with van der Waals surface area (Å²) in [6.45, 7) is 6.04. The highest BCUT2D eigenvalue weighted by Crippen LogP contribution is 2.13. The van der Waals surface area contributed by atoms with Crippen LogP contribution < -0.4 is 4.74 Å². The molecule has 4 heteroatoms. The van der Waals surface area contributed by atoms with Gasteiger partial charge in [0.15, 0.2) is 0 Å². The maximum Gasteiger partial charge on any atom is 0.119 e. The van der Waals surface area contributed by atoms with E-state index in [1.54, 1.807) is 0 Å². The Labute approximate surface area is 114 Å². The Hall–Kier alpha value is -1.36. The molecule has 0 heterocycles. The fraction of sp³-hybridized carbons (Fsp3) is 0.467. The molecule has 0 aliphatic carbocycles. The van der Waals surface area contributed by atoms with Gasteiger partial charge in [0.2, 0.25) is 0 Å². The van der Waals surface area contributed by atoms with Gasteiger partial charge in [0.25, 0.3) is 0 Å². The van der Waals surface area contributed by atoms with Gasteiger partial charge in [-0.3, -0.25) is 0 Å². The van der Waals surface area contributed by atoms with Gasteiger partial charge in [-0.15, -0.1) is 6.58 Å². The number of ether oxygens (including phenoxy) is 2. The van der Waals surface area contributed by atoms with Crippen molar-refractivity contribution in [2.45, 2.75) is 25.6 Å². The molecule has 0 fully saturated rings. The molecule has 0 saturated heterocycles. The van der Waals surface area contributed by atoms with Crippen LogP contribution in [0.2, 0.25) is 0 Å². The molecule has 0 aliphatic heterocycles. The van der Waals surface area contributed by atoms with Crippen molar-refractivity contribution in [2.75, 3.05) is 19.8 Å². The first-order chi connectivity index (χ1) is 9.15. The molecule has 4 nitrogen and oxygen atoms in total. The molecule has 0 aromatic heterocycles. The van der Waals surface area contributed by atoms with Crippen molar-refractivity contribution < 1.29 is 19.7 Å². The molecule has 19 heavy (non-hydrogen) atoms. The van der Waals surface area contributed by atoms with Crippen molar-refractivity contribution >= 4 is 0 Å². The predicted molar refractivity (Wildman–Crippen MR) is 74.3 cm³/mol. The zero-order chi connectivity index (χ0) is 14.1. The molecule has 0 bridgehead atoms. The summed E-state index contributed by atoms with van der Waals surface area (Å²) in [5.41, 5.74) is 1.17. The molecule has 1 rings (SSSR count). The second-order valence-corrected chi connectivity index (χ2v) is 4.38. The van der Waals surface area contributed by atoms with Crippen molar-refractivity contribution in [3.05, 3.63) is 42.5 Å². The average Bonchev–Trinajstić information content (AvgIpc) is 2.43. The van der Waals surface area contributed by atoms with Gasteiger partial charge in [-0.25, -0.2) is 0 Å². The minimum atomic E-state index is -0.634. The Bertz CT molecular complexity index is 361. The number of benzene rings is 1. The molecule has 106 valence electrons. The van der Waals surface area contributed by atoms with Crippen LogP contribution in [-0.4, -0.2) is 42.2 Å². The van der Waals surface area contributed by atoms with Crippen LogP contribution in [0.25, 0.3) is 0 Å². The van der Waals surface area contributed by atoms with E-state index in [1.165, 1.54) is 11.6 Å². The predicted octanol–water partition coefficient (Wildman–Crippen LogP) is 1.69. The Morgan fingerprint density at radius 2 is 2.00 bits per heavy atom. The van der Waals surface area contributed by atoms with Crippen LogP contribution in [0, 0.1) is 6.92 Å². The summed E-state index contributed by atoms with van der Waals surface area (Å²) >= 11 is 0. The summed E-state index contributed by atoms with van der Waals surface area (Å²) < 4.78 is 11.0. The third-order valence-electron chi connectivity index (χ3n) is 2.68. The van der Waals surface area contributed by atoms with Crippen LogP contribution >= 0.6 is 0 Å². The average molecular weight is 266 g/mol. The Morgan fingerprint density at radius 1 is 1.32 bits per heavy atom. The first kappa shape index (κ1) is 15.7. The van der Waals surface area contributed by atoms with Crippen molar-refractivity contribution in [3.8, 4) is 5.75 Å². The second kappa shape index (κ2) is 8.69. The normalized spacial score (nSPS) is 13.8. The van der Waals surface area contributed by atoms with Crippen LogP contribution in [-0.2, 0) is 4.74 Å². The molecule has 2 unspecified atom stereocenters. The summed E-state index contributed by atoms with van der Waals surface area (Å²) in [7, 11) is 0. The minimum absolute atomic E-state index is 0.0504. The number of hydrogen-bond donors (Lipinski definition) is 2. The van der Waals surface area contributed by atoms with Gasteiger partial charge in [-0.2, -0.15) is 0 Å².